The van der Waals surface area contributed by atoms with E-state index in [0.29, 0.717) is 6.42 Å². The zero-order valence-corrected chi connectivity index (χ0v) is 13.4. The average molecular weight is 350 g/mol. The van der Waals surface area contributed by atoms with Crippen LogP contribution in [0.25, 0.3) is 10.9 Å². The predicted molar refractivity (Wildman–Crippen MR) is 83.0 cm³/mol. The number of aromatic nitrogens is 1. The molecule has 1 aromatic heterocycles. The minimum atomic E-state index is -4.12. The summed E-state index contributed by atoms with van der Waals surface area (Å²) < 4.78 is 46.7. The minimum absolute atomic E-state index is 0.0453. The molecule has 1 N–H and O–H groups in total. The van der Waals surface area contributed by atoms with Gasteiger partial charge in [0.05, 0.1) is 23.0 Å². The standard InChI is InChI=1S/C16H15FN2O4S/c17-12-4-6-14(10-2-1-7-18-15(10)12)24(21,22)19-16(20)11-8-9-3-5-13(11)23-9/h1-2,4,6-7,9,11,13H,3,5,8H2,(H,19,20)/t9-,11+,13-/m1/s1. The van der Waals surface area contributed by atoms with Crippen molar-refractivity contribution in [2.75, 3.05) is 0 Å². The van der Waals surface area contributed by atoms with Crippen molar-refractivity contribution in [3.8, 4) is 0 Å². The number of hydrogen-bond donors (Lipinski definition) is 1. The van der Waals surface area contributed by atoms with Crippen molar-refractivity contribution >= 4 is 26.8 Å². The van der Waals surface area contributed by atoms with Gasteiger partial charge in [0.25, 0.3) is 10.0 Å². The lowest BCUT2D eigenvalue weighted by molar-refractivity contribution is -0.124. The Kier molecular flexibility index (Phi) is 3.54. The summed E-state index contributed by atoms with van der Waals surface area (Å²) in [6, 6.07) is 5.17. The fraction of sp³-hybridized carbons (Fsp3) is 0.375. The van der Waals surface area contributed by atoms with Crippen LogP contribution < -0.4 is 4.72 Å². The summed E-state index contributed by atoms with van der Waals surface area (Å²) in [5.41, 5.74) is -0.0453. The third-order valence-corrected chi connectivity index (χ3v) is 6.05. The van der Waals surface area contributed by atoms with Crippen molar-refractivity contribution in [1.29, 1.82) is 0 Å². The molecule has 0 radical (unpaired) electrons. The lowest BCUT2D eigenvalue weighted by atomic mass is 9.89. The van der Waals surface area contributed by atoms with Crippen LogP contribution >= 0.6 is 0 Å². The zero-order chi connectivity index (χ0) is 16.9. The van der Waals surface area contributed by atoms with Crippen LogP contribution in [0.3, 0.4) is 0 Å². The highest BCUT2D eigenvalue weighted by molar-refractivity contribution is 7.90. The van der Waals surface area contributed by atoms with Crippen molar-refractivity contribution in [3.63, 3.8) is 0 Å². The van der Waals surface area contributed by atoms with Crippen LogP contribution in [-0.2, 0) is 19.6 Å². The molecule has 3 heterocycles. The molecule has 6 nitrogen and oxygen atoms in total. The highest BCUT2D eigenvalue weighted by Gasteiger charge is 2.45. The minimum Gasteiger partial charge on any atom is -0.374 e. The highest BCUT2D eigenvalue weighted by Crippen LogP contribution is 2.39. The number of carbonyl (C=O) groups is 1. The second-order valence-electron chi connectivity index (χ2n) is 6.13. The number of fused-ring (bicyclic) bond motifs is 3. The van der Waals surface area contributed by atoms with Crippen molar-refractivity contribution in [2.45, 2.75) is 36.4 Å². The first-order valence-corrected chi connectivity index (χ1v) is 9.19. The van der Waals surface area contributed by atoms with Gasteiger partial charge in [-0.15, -0.1) is 0 Å². The molecule has 0 aliphatic carbocycles. The number of rotatable bonds is 3. The maximum absolute atomic E-state index is 13.8. The molecule has 2 aromatic rings. The summed E-state index contributed by atoms with van der Waals surface area (Å²) in [4.78, 5) is 16.1. The number of halogens is 1. The third kappa shape index (κ3) is 2.46. The second-order valence-corrected chi connectivity index (χ2v) is 7.78. The number of nitrogens with one attached hydrogen (secondary N) is 1. The molecule has 4 rings (SSSR count). The predicted octanol–water partition coefficient (Wildman–Crippen LogP) is 1.75. The maximum Gasteiger partial charge on any atom is 0.264 e. The molecule has 0 saturated carbocycles. The molecule has 2 aliphatic heterocycles. The summed E-state index contributed by atoms with van der Waals surface area (Å²) in [5, 5.41) is 0.141. The fourth-order valence-corrected chi connectivity index (χ4v) is 4.75. The summed E-state index contributed by atoms with van der Waals surface area (Å²) >= 11 is 0. The molecule has 24 heavy (non-hydrogen) atoms. The van der Waals surface area contributed by atoms with E-state index in [4.69, 9.17) is 4.74 Å². The van der Waals surface area contributed by atoms with E-state index in [-0.39, 0.29) is 28.0 Å². The van der Waals surface area contributed by atoms with E-state index in [1.165, 1.54) is 18.3 Å². The molecule has 126 valence electrons. The third-order valence-electron chi connectivity index (χ3n) is 4.65. The largest absolute Gasteiger partial charge is 0.374 e. The Bertz CT molecular complexity index is 931. The zero-order valence-electron chi connectivity index (χ0n) is 12.6. The molecule has 1 aromatic carbocycles. The SMILES string of the molecule is O=C(NS(=O)(=O)c1ccc(F)c2ncccc12)[C@H]1C[C@H]2CC[C@H]1O2. The first-order valence-electron chi connectivity index (χ1n) is 7.71. The summed E-state index contributed by atoms with van der Waals surface area (Å²) in [5.74, 6) is -1.63. The average Bonchev–Trinajstić information content (AvgIpc) is 3.18. The summed E-state index contributed by atoms with van der Waals surface area (Å²) in [6.07, 6.45) is 3.44. The monoisotopic (exact) mass is 350 g/mol. The van der Waals surface area contributed by atoms with Crippen LogP contribution in [0.5, 0.6) is 0 Å². The van der Waals surface area contributed by atoms with Gasteiger partial charge in [-0.05, 0) is 43.5 Å². The van der Waals surface area contributed by atoms with Gasteiger partial charge in [-0.2, -0.15) is 0 Å². The van der Waals surface area contributed by atoms with E-state index in [1.54, 1.807) is 0 Å². The molecule has 1 amide bonds. The van der Waals surface area contributed by atoms with Gasteiger partial charge in [-0.3, -0.25) is 9.78 Å². The fourth-order valence-electron chi connectivity index (χ4n) is 3.52. The molecule has 0 spiro atoms. The Morgan fingerprint density at radius 2 is 2.12 bits per heavy atom. The Hall–Kier alpha value is -2.06. The number of benzene rings is 1. The van der Waals surface area contributed by atoms with Crippen LogP contribution in [0, 0.1) is 11.7 Å². The molecule has 2 saturated heterocycles. The number of sulfonamides is 1. The maximum atomic E-state index is 13.8. The number of hydrogen-bond acceptors (Lipinski definition) is 5. The van der Waals surface area contributed by atoms with Crippen molar-refractivity contribution in [3.05, 3.63) is 36.3 Å². The number of ether oxygens (including phenoxy) is 1. The topological polar surface area (TPSA) is 85.4 Å². The van der Waals surface area contributed by atoms with Crippen LogP contribution in [-0.4, -0.2) is 31.5 Å². The van der Waals surface area contributed by atoms with Crippen molar-refractivity contribution in [1.82, 2.24) is 9.71 Å². The second kappa shape index (κ2) is 5.49. The Labute approximate surface area is 138 Å². The van der Waals surface area contributed by atoms with Gasteiger partial charge in [-0.1, -0.05) is 0 Å². The number of amides is 1. The first kappa shape index (κ1) is 15.5. The summed E-state index contributed by atoms with van der Waals surface area (Å²) in [7, 11) is -4.12. The van der Waals surface area contributed by atoms with Crippen LogP contribution in [0.2, 0.25) is 0 Å². The van der Waals surface area contributed by atoms with E-state index >= 15 is 0 Å². The van der Waals surface area contributed by atoms with E-state index in [1.807, 2.05) is 0 Å². The van der Waals surface area contributed by atoms with E-state index in [2.05, 4.69) is 9.71 Å². The van der Waals surface area contributed by atoms with Crippen LogP contribution in [0.15, 0.2) is 35.4 Å². The van der Waals surface area contributed by atoms with Gasteiger partial charge < -0.3 is 4.74 Å². The molecule has 2 fully saturated rings. The Balaban J connectivity index is 1.66. The molecular formula is C16H15FN2O4S. The Morgan fingerprint density at radius 3 is 2.83 bits per heavy atom. The quantitative estimate of drug-likeness (QED) is 0.911. The van der Waals surface area contributed by atoms with Crippen LogP contribution in [0.1, 0.15) is 19.3 Å². The molecular weight excluding hydrogens is 335 g/mol. The van der Waals surface area contributed by atoms with Crippen molar-refractivity contribution < 1.29 is 22.3 Å². The molecule has 0 unspecified atom stereocenters. The number of nitrogens with zero attached hydrogens (tertiary/aromatic N) is 1. The van der Waals surface area contributed by atoms with Crippen molar-refractivity contribution in [2.24, 2.45) is 5.92 Å². The van der Waals surface area contributed by atoms with E-state index < -0.39 is 27.7 Å². The number of carbonyl (C=O) groups excluding carboxylic acids is 1. The lowest BCUT2D eigenvalue weighted by Crippen LogP contribution is -2.39. The van der Waals surface area contributed by atoms with Gasteiger partial charge in [0.1, 0.15) is 11.3 Å². The van der Waals surface area contributed by atoms with Gasteiger partial charge in [0.2, 0.25) is 5.91 Å². The molecule has 3 atom stereocenters. The van der Waals surface area contributed by atoms with Gasteiger partial charge in [0, 0.05) is 11.6 Å². The normalized spacial score (nSPS) is 26.0. The summed E-state index contributed by atoms with van der Waals surface area (Å²) in [6.45, 7) is 0. The highest BCUT2D eigenvalue weighted by atomic mass is 32.2. The molecule has 8 heteroatoms. The first-order chi connectivity index (χ1) is 11.5. The van der Waals surface area contributed by atoms with E-state index in [9.17, 15) is 17.6 Å². The Morgan fingerprint density at radius 1 is 1.29 bits per heavy atom. The van der Waals surface area contributed by atoms with E-state index in [0.717, 1.165) is 25.0 Å². The lowest BCUT2D eigenvalue weighted by Gasteiger charge is -2.18. The molecule has 2 bridgehead atoms. The van der Waals surface area contributed by atoms with Crippen LogP contribution in [0.4, 0.5) is 4.39 Å². The smallest absolute Gasteiger partial charge is 0.264 e. The number of pyridine rings is 1. The molecule has 2 aliphatic rings. The van der Waals surface area contributed by atoms with Gasteiger partial charge >= 0.3 is 0 Å². The van der Waals surface area contributed by atoms with Gasteiger partial charge in [-0.25, -0.2) is 17.5 Å². The van der Waals surface area contributed by atoms with Gasteiger partial charge in [0.15, 0.2) is 0 Å².